The maximum Gasteiger partial charge on any atom is 0.00103 e. The summed E-state index contributed by atoms with van der Waals surface area (Å²) in [6.07, 6.45) is 9.91. The van der Waals surface area contributed by atoms with E-state index in [0.717, 1.165) is 24.3 Å². The fourth-order valence-electron chi connectivity index (χ4n) is 3.88. The Bertz CT molecular complexity index is 215. The molecule has 2 nitrogen and oxygen atoms in total. The number of nitrogens with two attached hydrogens (primary N) is 1. The van der Waals surface area contributed by atoms with E-state index in [2.05, 4.69) is 11.8 Å². The summed E-state index contributed by atoms with van der Waals surface area (Å²) in [4.78, 5) is 2.73. The molecule has 2 N–H and O–H groups in total. The topological polar surface area (TPSA) is 29.3 Å². The van der Waals surface area contributed by atoms with Crippen LogP contribution in [0.1, 0.15) is 51.9 Å². The highest BCUT2D eigenvalue weighted by atomic mass is 15.1. The van der Waals surface area contributed by atoms with Gasteiger partial charge in [-0.1, -0.05) is 19.8 Å². The van der Waals surface area contributed by atoms with Gasteiger partial charge in [0.25, 0.3) is 0 Å². The van der Waals surface area contributed by atoms with E-state index in [-0.39, 0.29) is 0 Å². The molecular weight excluding hydrogens is 208 g/mol. The second-order valence-electron chi connectivity index (χ2n) is 6.48. The molecule has 0 radical (unpaired) electrons. The second-order valence-corrected chi connectivity index (χ2v) is 6.48. The fraction of sp³-hybridized carbons (Fsp3) is 1.00. The summed E-state index contributed by atoms with van der Waals surface area (Å²) in [6.45, 7) is 7.33. The number of nitrogens with zero attached hydrogens (tertiary/aromatic N) is 1. The van der Waals surface area contributed by atoms with Crippen molar-refractivity contribution in [2.45, 2.75) is 51.9 Å². The highest BCUT2D eigenvalue weighted by Gasteiger charge is 2.24. The largest absolute Gasteiger partial charge is 0.330 e. The molecule has 2 heteroatoms. The van der Waals surface area contributed by atoms with Crippen LogP contribution in [0.15, 0.2) is 0 Å². The van der Waals surface area contributed by atoms with Crippen molar-refractivity contribution in [3.8, 4) is 0 Å². The van der Waals surface area contributed by atoms with Crippen LogP contribution in [0, 0.1) is 17.8 Å². The summed E-state index contributed by atoms with van der Waals surface area (Å²) < 4.78 is 0. The molecule has 3 atom stereocenters. The Labute approximate surface area is 107 Å². The molecule has 0 aromatic carbocycles. The zero-order valence-electron chi connectivity index (χ0n) is 11.5. The van der Waals surface area contributed by atoms with Crippen LogP contribution in [0.4, 0.5) is 0 Å². The van der Waals surface area contributed by atoms with E-state index in [9.17, 15) is 0 Å². The molecule has 2 aliphatic rings. The molecule has 2 rings (SSSR count). The molecule has 1 aliphatic carbocycles. The lowest BCUT2D eigenvalue weighted by Gasteiger charge is -2.37. The lowest BCUT2D eigenvalue weighted by atomic mass is 9.81. The maximum atomic E-state index is 5.69. The minimum Gasteiger partial charge on any atom is -0.330 e. The van der Waals surface area contributed by atoms with Crippen LogP contribution in [-0.2, 0) is 0 Å². The summed E-state index contributed by atoms with van der Waals surface area (Å²) >= 11 is 0. The number of hydrogen-bond acceptors (Lipinski definition) is 2. The second kappa shape index (κ2) is 6.75. The molecule has 0 bridgehead atoms. The smallest absolute Gasteiger partial charge is 0.00103 e. The van der Waals surface area contributed by atoms with Crippen molar-refractivity contribution >= 4 is 0 Å². The highest BCUT2D eigenvalue weighted by Crippen LogP contribution is 2.30. The van der Waals surface area contributed by atoms with E-state index in [1.807, 2.05) is 0 Å². The lowest BCUT2D eigenvalue weighted by molar-refractivity contribution is 0.125. The first-order valence-electron chi connectivity index (χ1n) is 7.70. The zero-order chi connectivity index (χ0) is 12.1. The monoisotopic (exact) mass is 238 g/mol. The van der Waals surface area contributed by atoms with E-state index in [1.165, 1.54) is 64.6 Å². The molecule has 0 spiro atoms. The molecule has 3 unspecified atom stereocenters. The van der Waals surface area contributed by atoms with Crippen LogP contribution in [0.25, 0.3) is 0 Å². The van der Waals surface area contributed by atoms with Gasteiger partial charge in [0.2, 0.25) is 0 Å². The van der Waals surface area contributed by atoms with Crippen LogP contribution in [-0.4, -0.2) is 31.1 Å². The molecule has 0 aromatic rings. The van der Waals surface area contributed by atoms with Crippen molar-refractivity contribution in [3.05, 3.63) is 0 Å². The van der Waals surface area contributed by atoms with Crippen LogP contribution in [0.3, 0.4) is 0 Å². The van der Waals surface area contributed by atoms with Crippen LogP contribution in [0.2, 0.25) is 0 Å². The van der Waals surface area contributed by atoms with Crippen LogP contribution in [0.5, 0.6) is 0 Å². The minimum atomic E-state index is 0.874. The third-order valence-corrected chi connectivity index (χ3v) is 4.74. The normalized spacial score (nSPS) is 36.0. The Balaban J connectivity index is 1.74. The Kier molecular flexibility index (Phi) is 5.30. The van der Waals surface area contributed by atoms with E-state index in [4.69, 9.17) is 5.73 Å². The molecule has 1 saturated carbocycles. The first kappa shape index (κ1) is 13.4. The standard InChI is InChI=1S/C15H30N2/c1-13-4-2-5-15(10-13)12-17-9-3-6-14(11-17)7-8-16/h13-15H,2-12,16H2,1H3. The van der Waals surface area contributed by atoms with E-state index in [0.29, 0.717) is 0 Å². The first-order chi connectivity index (χ1) is 8.28. The van der Waals surface area contributed by atoms with E-state index >= 15 is 0 Å². The number of piperidine rings is 1. The van der Waals surface area contributed by atoms with Crippen LogP contribution < -0.4 is 5.73 Å². The molecular formula is C15H30N2. The number of likely N-dealkylation sites (tertiary alicyclic amines) is 1. The van der Waals surface area contributed by atoms with Gasteiger partial charge >= 0.3 is 0 Å². The summed E-state index contributed by atoms with van der Waals surface area (Å²) in [5.41, 5.74) is 5.69. The summed E-state index contributed by atoms with van der Waals surface area (Å²) in [6, 6.07) is 0. The van der Waals surface area contributed by atoms with Crippen molar-refractivity contribution in [2.24, 2.45) is 23.5 Å². The molecule has 1 saturated heterocycles. The molecule has 1 heterocycles. The van der Waals surface area contributed by atoms with Crippen LogP contribution >= 0.6 is 0 Å². The van der Waals surface area contributed by atoms with Gasteiger partial charge < -0.3 is 10.6 Å². The average Bonchev–Trinajstić information content (AvgIpc) is 2.30. The van der Waals surface area contributed by atoms with Crippen molar-refractivity contribution < 1.29 is 0 Å². The Morgan fingerprint density at radius 3 is 2.71 bits per heavy atom. The number of hydrogen-bond donors (Lipinski definition) is 1. The van der Waals surface area contributed by atoms with E-state index in [1.54, 1.807) is 0 Å². The molecule has 100 valence electrons. The minimum absolute atomic E-state index is 0.874. The van der Waals surface area contributed by atoms with Gasteiger partial charge in [-0.25, -0.2) is 0 Å². The fourth-order valence-corrected chi connectivity index (χ4v) is 3.88. The SMILES string of the molecule is CC1CCCC(CN2CCCC(CCN)C2)C1. The van der Waals surface area contributed by atoms with Gasteiger partial charge in [-0.2, -0.15) is 0 Å². The Morgan fingerprint density at radius 2 is 1.94 bits per heavy atom. The molecule has 0 aromatic heterocycles. The van der Waals surface area contributed by atoms with Crippen molar-refractivity contribution in [1.82, 2.24) is 4.90 Å². The third kappa shape index (κ3) is 4.26. The van der Waals surface area contributed by atoms with Crippen molar-refractivity contribution in [2.75, 3.05) is 26.2 Å². The van der Waals surface area contributed by atoms with Gasteiger partial charge in [0.15, 0.2) is 0 Å². The zero-order valence-corrected chi connectivity index (χ0v) is 11.5. The van der Waals surface area contributed by atoms with Gasteiger partial charge in [0, 0.05) is 13.1 Å². The van der Waals surface area contributed by atoms with Gasteiger partial charge in [-0.3, -0.25) is 0 Å². The summed E-state index contributed by atoms with van der Waals surface area (Å²) in [5, 5.41) is 0. The molecule has 2 fully saturated rings. The Hall–Kier alpha value is -0.0800. The maximum absolute atomic E-state index is 5.69. The quantitative estimate of drug-likeness (QED) is 0.816. The van der Waals surface area contributed by atoms with Gasteiger partial charge in [-0.05, 0) is 62.9 Å². The molecule has 17 heavy (non-hydrogen) atoms. The Morgan fingerprint density at radius 1 is 1.12 bits per heavy atom. The third-order valence-electron chi connectivity index (χ3n) is 4.74. The summed E-state index contributed by atoms with van der Waals surface area (Å²) in [7, 11) is 0. The van der Waals surface area contributed by atoms with Gasteiger partial charge in [0.1, 0.15) is 0 Å². The van der Waals surface area contributed by atoms with Crippen molar-refractivity contribution in [3.63, 3.8) is 0 Å². The molecule has 0 amide bonds. The summed E-state index contributed by atoms with van der Waals surface area (Å²) in [5.74, 6) is 2.84. The predicted octanol–water partition coefficient (Wildman–Crippen LogP) is 2.87. The predicted molar refractivity (Wildman–Crippen MR) is 74.0 cm³/mol. The average molecular weight is 238 g/mol. The number of rotatable bonds is 4. The first-order valence-corrected chi connectivity index (χ1v) is 7.70. The lowest BCUT2D eigenvalue weighted by Crippen LogP contribution is -2.40. The van der Waals surface area contributed by atoms with Gasteiger partial charge in [0.05, 0.1) is 0 Å². The highest BCUT2D eigenvalue weighted by molar-refractivity contribution is 4.78. The van der Waals surface area contributed by atoms with Crippen molar-refractivity contribution in [1.29, 1.82) is 0 Å². The molecule has 1 aliphatic heterocycles. The van der Waals surface area contributed by atoms with Gasteiger partial charge in [-0.15, -0.1) is 0 Å². The van der Waals surface area contributed by atoms with E-state index < -0.39 is 0 Å².